The average Bonchev–Trinajstić information content (AvgIpc) is 3.14. The van der Waals surface area contributed by atoms with E-state index in [0.717, 1.165) is 5.56 Å². The molecule has 0 spiro atoms. The highest BCUT2D eigenvalue weighted by molar-refractivity contribution is 5.78. The largest absolute Gasteiger partial charge is 0.454 e. The zero-order valence-corrected chi connectivity index (χ0v) is 14.4. The summed E-state index contributed by atoms with van der Waals surface area (Å²) in [6.45, 7) is 0.715. The molecule has 0 aliphatic carbocycles. The summed E-state index contributed by atoms with van der Waals surface area (Å²) in [4.78, 5) is 38.4. The normalized spacial score (nSPS) is 12.3. The van der Waals surface area contributed by atoms with Gasteiger partial charge in [-0.1, -0.05) is 18.2 Å². The van der Waals surface area contributed by atoms with E-state index in [-0.39, 0.29) is 25.7 Å². The zero-order chi connectivity index (χ0) is 18.8. The Bertz CT molecular complexity index is 1130. The summed E-state index contributed by atoms with van der Waals surface area (Å²) in [5.41, 5.74) is 0.440. The lowest BCUT2D eigenvalue weighted by molar-refractivity contribution is -0.121. The molecule has 0 saturated heterocycles. The Hall–Kier alpha value is -3.55. The molecule has 8 nitrogen and oxygen atoms in total. The fourth-order valence-corrected chi connectivity index (χ4v) is 3.02. The molecular formula is C19H17N3O5. The summed E-state index contributed by atoms with van der Waals surface area (Å²) in [5, 5.41) is 3.23. The molecule has 4 rings (SSSR count). The van der Waals surface area contributed by atoms with Gasteiger partial charge in [-0.25, -0.2) is 4.79 Å². The summed E-state index contributed by atoms with van der Waals surface area (Å²) in [7, 11) is 0. The topological polar surface area (TPSA) is 102 Å². The molecular weight excluding hydrogens is 350 g/mol. The van der Waals surface area contributed by atoms with Crippen LogP contribution in [0.25, 0.3) is 10.9 Å². The van der Waals surface area contributed by atoms with Crippen LogP contribution in [-0.4, -0.2) is 22.3 Å². The van der Waals surface area contributed by atoms with E-state index in [1.807, 2.05) is 12.1 Å². The first-order chi connectivity index (χ1) is 13.1. The van der Waals surface area contributed by atoms with Crippen molar-refractivity contribution in [1.82, 2.24) is 14.9 Å². The number of amides is 1. The third-order valence-electron chi connectivity index (χ3n) is 4.39. The van der Waals surface area contributed by atoms with Gasteiger partial charge in [0.25, 0.3) is 5.56 Å². The van der Waals surface area contributed by atoms with Gasteiger partial charge in [-0.15, -0.1) is 0 Å². The third-order valence-corrected chi connectivity index (χ3v) is 4.39. The monoisotopic (exact) mass is 367 g/mol. The first kappa shape index (κ1) is 16.9. The van der Waals surface area contributed by atoms with Crippen LogP contribution in [0.4, 0.5) is 0 Å². The van der Waals surface area contributed by atoms with Crippen LogP contribution >= 0.6 is 0 Å². The van der Waals surface area contributed by atoms with Crippen LogP contribution in [0.2, 0.25) is 0 Å². The number of ether oxygens (including phenoxy) is 2. The van der Waals surface area contributed by atoms with E-state index in [1.165, 1.54) is 4.57 Å². The van der Waals surface area contributed by atoms with Crippen molar-refractivity contribution in [3.05, 3.63) is 68.9 Å². The number of carbonyl (C=O) groups is 1. The van der Waals surface area contributed by atoms with Crippen molar-refractivity contribution < 1.29 is 14.3 Å². The number of nitrogens with one attached hydrogen (secondary N) is 2. The molecule has 0 unspecified atom stereocenters. The van der Waals surface area contributed by atoms with Gasteiger partial charge in [0, 0.05) is 19.5 Å². The number of nitrogens with zero attached hydrogens (tertiary/aromatic N) is 1. The van der Waals surface area contributed by atoms with Gasteiger partial charge in [0.05, 0.1) is 10.9 Å². The Balaban J connectivity index is 1.42. The molecule has 1 aliphatic heterocycles. The second-order valence-electron chi connectivity index (χ2n) is 6.14. The Kier molecular flexibility index (Phi) is 4.37. The Morgan fingerprint density at radius 1 is 1.11 bits per heavy atom. The van der Waals surface area contributed by atoms with Crippen molar-refractivity contribution in [2.45, 2.75) is 19.5 Å². The van der Waals surface area contributed by atoms with Crippen molar-refractivity contribution in [1.29, 1.82) is 0 Å². The van der Waals surface area contributed by atoms with Gasteiger partial charge in [0.1, 0.15) is 0 Å². The Morgan fingerprint density at radius 3 is 2.81 bits per heavy atom. The quantitative estimate of drug-likeness (QED) is 0.704. The standard InChI is InChI=1S/C19H17N3O5/c23-17(20-10-12-5-6-15-16(9-12)27-11-26-15)7-8-22-14-4-2-1-3-13(14)18(24)21-19(22)25/h1-6,9H,7-8,10-11H2,(H,20,23)(H,21,24,25). The van der Waals surface area contributed by atoms with Crippen molar-refractivity contribution in [3.63, 3.8) is 0 Å². The van der Waals surface area contributed by atoms with Gasteiger partial charge in [-0.3, -0.25) is 19.1 Å². The minimum absolute atomic E-state index is 0.112. The molecule has 2 N–H and O–H groups in total. The molecule has 1 amide bonds. The number of aromatic nitrogens is 2. The fraction of sp³-hybridized carbons (Fsp3) is 0.211. The number of fused-ring (bicyclic) bond motifs is 2. The molecule has 0 fully saturated rings. The lowest BCUT2D eigenvalue weighted by Gasteiger charge is -2.10. The van der Waals surface area contributed by atoms with Gasteiger partial charge in [-0.2, -0.15) is 0 Å². The average molecular weight is 367 g/mol. The van der Waals surface area contributed by atoms with E-state index in [0.29, 0.717) is 28.9 Å². The van der Waals surface area contributed by atoms with Crippen molar-refractivity contribution in [3.8, 4) is 11.5 Å². The van der Waals surface area contributed by atoms with E-state index in [9.17, 15) is 14.4 Å². The van der Waals surface area contributed by atoms with E-state index in [4.69, 9.17) is 9.47 Å². The third kappa shape index (κ3) is 3.41. The molecule has 0 radical (unpaired) electrons. The van der Waals surface area contributed by atoms with Gasteiger partial charge in [0.2, 0.25) is 12.7 Å². The molecule has 0 atom stereocenters. The Labute approximate surface area is 153 Å². The van der Waals surface area contributed by atoms with Crippen LogP contribution in [0.5, 0.6) is 11.5 Å². The summed E-state index contributed by atoms with van der Waals surface area (Å²) in [5.74, 6) is 1.15. The highest BCUT2D eigenvalue weighted by Gasteiger charge is 2.14. The van der Waals surface area contributed by atoms with Crippen LogP contribution < -0.4 is 26.0 Å². The molecule has 2 heterocycles. The SMILES string of the molecule is O=C(CCn1c(=O)[nH]c(=O)c2ccccc21)NCc1ccc2c(c1)OCO2. The highest BCUT2D eigenvalue weighted by Crippen LogP contribution is 2.32. The molecule has 2 aromatic carbocycles. The van der Waals surface area contributed by atoms with E-state index in [1.54, 1.807) is 30.3 Å². The van der Waals surface area contributed by atoms with Gasteiger partial charge in [0.15, 0.2) is 11.5 Å². The summed E-state index contributed by atoms with van der Waals surface area (Å²) < 4.78 is 12.0. The van der Waals surface area contributed by atoms with Gasteiger partial charge >= 0.3 is 5.69 Å². The summed E-state index contributed by atoms with van der Waals surface area (Å²) >= 11 is 0. The molecule has 138 valence electrons. The van der Waals surface area contributed by atoms with E-state index >= 15 is 0 Å². The minimum atomic E-state index is -0.526. The second kappa shape index (κ2) is 6.99. The van der Waals surface area contributed by atoms with Crippen molar-refractivity contribution in [2.75, 3.05) is 6.79 Å². The van der Waals surface area contributed by atoms with Crippen LogP contribution in [0.15, 0.2) is 52.1 Å². The van der Waals surface area contributed by atoms with E-state index < -0.39 is 11.2 Å². The first-order valence-corrected chi connectivity index (χ1v) is 8.49. The molecule has 3 aromatic rings. The number of hydrogen-bond acceptors (Lipinski definition) is 5. The Morgan fingerprint density at radius 2 is 1.93 bits per heavy atom. The number of H-pyrrole nitrogens is 1. The van der Waals surface area contributed by atoms with Gasteiger partial charge < -0.3 is 14.8 Å². The highest BCUT2D eigenvalue weighted by atomic mass is 16.7. The molecule has 1 aromatic heterocycles. The number of carbonyl (C=O) groups excluding carboxylic acids is 1. The predicted molar refractivity (Wildman–Crippen MR) is 97.9 cm³/mol. The van der Waals surface area contributed by atoms with E-state index in [2.05, 4.69) is 10.3 Å². The van der Waals surface area contributed by atoms with Crippen molar-refractivity contribution >= 4 is 16.8 Å². The number of aromatic amines is 1. The van der Waals surface area contributed by atoms with Crippen LogP contribution in [-0.2, 0) is 17.9 Å². The lowest BCUT2D eigenvalue weighted by Crippen LogP contribution is -2.32. The predicted octanol–water partition coefficient (Wildman–Crippen LogP) is 1.12. The molecule has 27 heavy (non-hydrogen) atoms. The second-order valence-corrected chi connectivity index (χ2v) is 6.14. The maximum atomic E-state index is 12.2. The maximum absolute atomic E-state index is 12.2. The van der Waals surface area contributed by atoms with Crippen molar-refractivity contribution in [2.24, 2.45) is 0 Å². The molecule has 0 saturated carbocycles. The lowest BCUT2D eigenvalue weighted by atomic mass is 10.2. The fourth-order valence-electron chi connectivity index (χ4n) is 3.02. The minimum Gasteiger partial charge on any atom is -0.454 e. The zero-order valence-electron chi connectivity index (χ0n) is 14.4. The van der Waals surface area contributed by atoms with Crippen LogP contribution in [0.3, 0.4) is 0 Å². The van der Waals surface area contributed by atoms with Crippen LogP contribution in [0, 0.1) is 0 Å². The number of aryl methyl sites for hydroxylation is 1. The number of hydrogen-bond donors (Lipinski definition) is 2. The molecule has 8 heteroatoms. The molecule has 0 bridgehead atoms. The van der Waals surface area contributed by atoms with Gasteiger partial charge in [-0.05, 0) is 29.8 Å². The molecule has 1 aliphatic rings. The number of benzene rings is 2. The van der Waals surface area contributed by atoms with Crippen LogP contribution in [0.1, 0.15) is 12.0 Å². The summed E-state index contributed by atoms with van der Waals surface area (Å²) in [6.07, 6.45) is 0.112. The maximum Gasteiger partial charge on any atom is 0.328 e. The first-order valence-electron chi connectivity index (χ1n) is 8.49. The number of rotatable bonds is 5. The smallest absolute Gasteiger partial charge is 0.328 e. The summed E-state index contributed by atoms with van der Waals surface area (Å²) in [6, 6.07) is 12.3. The number of para-hydroxylation sites is 1.